The maximum absolute atomic E-state index is 12.3. The average molecular weight is 349 g/mol. The molecular formula is C15H15N3O5S. The van der Waals surface area contributed by atoms with Crippen LogP contribution in [-0.2, 0) is 19.1 Å². The molecule has 8 nitrogen and oxygen atoms in total. The lowest BCUT2D eigenvalue weighted by Crippen LogP contribution is -2.38. The zero-order chi connectivity index (χ0) is 17.3. The summed E-state index contributed by atoms with van der Waals surface area (Å²) < 4.78 is 4.56. The molecule has 0 bridgehead atoms. The normalized spacial score (nSPS) is 22.5. The highest BCUT2D eigenvalue weighted by molar-refractivity contribution is 7.17. The fourth-order valence-electron chi connectivity index (χ4n) is 2.85. The third-order valence-corrected chi connectivity index (χ3v) is 4.93. The summed E-state index contributed by atoms with van der Waals surface area (Å²) in [6.07, 6.45) is 6.13. The van der Waals surface area contributed by atoms with Gasteiger partial charge >= 0.3 is 5.97 Å². The summed E-state index contributed by atoms with van der Waals surface area (Å²) in [6.45, 7) is -0.349. The van der Waals surface area contributed by atoms with Crippen LogP contribution in [0.3, 0.4) is 0 Å². The van der Waals surface area contributed by atoms with Crippen molar-refractivity contribution in [1.82, 2.24) is 9.88 Å². The Morgan fingerprint density at radius 2 is 1.92 bits per heavy atom. The number of imide groups is 1. The quantitative estimate of drug-likeness (QED) is 0.490. The molecule has 2 atom stereocenters. The summed E-state index contributed by atoms with van der Waals surface area (Å²) in [6, 6.07) is 0. The number of carbonyl (C=O) groups is 4. The molecule has 9 heteroatoms. The summed E-state index contributed by atoms with van der Waals surface area (Å²) in [4.78, 5) is 53.2. The lowest BCUT2D eigenvalue weighted by molar-refractivity contribution is -0.142. The van der Waals surface area contributed by atoms with Crippen LogP contribution in [0.2, 0.25) is 0 Å². The van der Waals surface area contributed by atoms with E-state index in [0.717, 1.165) is 16.2 Å². The van der Waals surface area contributed by atoms with Gasteiger partial charge in [-0.25, -0.2) is 9.78 Å². The maximum atomic E-state index is 12.3. The van der Waals surface area contributed by atoms with E-state index in [0.29, 0.717) is 12.8 Å². The number of amides is 3. The van der Waals surface area contributed by atoms with Gasteiger partial charge < -0.3 is 10.1 Å². The minimum absolute atomic E-state index is 0.207. The predicted octanol–water partition coefficient (Wildman–Crippen LogP) is 0.819. The molecule has 0 spiro atoms. The predicted molar refractivity (Wildman–Crippen MR) is 84.2 cm³/mol. The Labute approximate surface area is 141 Å². The van der Waals surface area contributed by atoms with Crippen LogP contribution in [0, 0.1) is 11.8 Å². The van der Waals surface area contributed by atoms with Crippen molar-refractivity contribution in [2.24, 2.45) is 11.8 Å². The van der Waals surface area contributed by atoms with Crippen molar-refractivity contribution in [3.63, 3.8) is 0 Å². The fourth-order valence-corrected chi connectivity index (χ4v) is 3.60. The molecular weight excluding hydrogens is 334 g/mol. The number of rotatable bonds is 4. The molecule has 1 aliphatic heterocycles. The van der Waals surface area contributed by atoms with Crippen LogP contribution in [0.25, 0.3) is 0 Å². The molecule has 1 aliphatic carbocycles. The molecule has 1 saturated heterocycles. The third kappa shape index (κ3) is 2.94. The molecule has 0 radical (unpaired) electrons. The van der Waals surface area contributed by atoms with E-state index in [-0.39, 0.29) is 40.2 Å². The van der Waals surface area contributed by atoms with E-state index in [1.54, 1.807) is 0 Å². The van der Waals surface area contributed by atoms with Crippen LogP contribution >= 0.6 is 11.3 Å². The second-order valence-electron chi connectivity index (χ2n) is 5.49. The lowest BCUT2D eigenvalue weighted by Gasteiger charge is -2.14. The Morgan fingerprint density at radius 1 is 1.29 bits per heavy atom. The highest BCUT2D eigenvalue weighted by Crippen LogP contribution is 2.34. The van der Waals surface area contributed by atoms with Crippen molar-refractivity contribution < 1.29 is 23.9 Å². The lowest BCUT2D eigenvalue weighted by atomic mass is 9.85. The number of nitrogens with one attached hydrogen (secondary N) is 1. The monoisotopic (exact) mass is 349 g/mol. The van der Waals surface area contributed by atoms with Gasteiger partial charge in [0.05, 0.1) is 25.1 Å². The summed E-state index contributed by atoms with van der Waals surface area (Å²) in [5.74, 6) is -2.41. The first kappa shape index (κ1) is 16.3. The molecule has 2 unspecified atom stereocenters. The van der Waals surface area contributed by atoms with Gasteiger partial charge in [-0.1, -0.05) is 23.5 Å². The molecule has 3 rings (SSSR count). The maximum Gasteiger partial charge on any atom is 0.349 e. The zero-order valence-corrected chi connectivity index (χ0v) is 13.7. The third-order valence-electron chi connectivity index (χ3n) is 4.04. The number of ether oxygens (including phenoxy) is 1. The standard InChI is InChI=1S/C15H15N3O5S/c1-23-14(22)10-6-16-15(24-10)17-11(19)7-18-12(20)8-4-2-3-5-9(8)13(18)21/h2-3,6,8-9H,4-5,7H2,1H3,(H,16,17,19). The van der Waals surface area contributed by atoms with Crippen LogP contribution in [0.15, 0.2) is 18.3 Å². The van der Waals surface area contributed by atoms with Gasteiger partial charge in [0.1, 0.15) is 11.4 Å². The first-order valence-corrected chi connectivity index (χ1v) is 8.17. The van der Waals surface area contributed by atoms with Gasteiger partial charge in [0.15, 0.2) is 5.13 Å². The molecule has 2 heterocycles. The topological polar surface area (TPSA) is 106 Å². The highest BCUT2D eigenvalue weighted by atomic mass is 32.1. The molecule has 24 heavy (non-hydrogen) atoms. The molecule has 126 valence electrons. The number of nitrogens with zero attached hydrogens (tertiary/aromatic N) is 2. The van der Waals surface area contributed by atoms with Gasteiger partial charge in [-0.05, 0) is 12.8 Å². The number of hydrogen-bond donors (Lipinski definition) is 1. The number of hydrogen-bond acceptors (Lipinski definition) is 7. The van der Waals surface area contributed by atoms with E-state index in [9.17, 15) is 19.2 Å². The van der Waals surface area contributed by atoms with Crippen molar-refractivity contribution in [3.8, 4) is 0 Å². The van der Waals surface area contributed by atoms with E-state index >= 15 is 0 Å². The van der Waals surface area contributed by atoms with Crippen LogP contribution in [0.4, 0.5) is 5.13 Å². The Morgan fingerprint density at radius 3 is 2.50 bits per heavy atom. The van der Waals surface area contributed by atoms with Gasteiger partial charge in [-0.3, -0.25) is 19.3 Å². The fraction of sp³-hybridized carbons (Fsp3) is 0.400. The first-order chi connectivity index (χ1) is 11.5. The van der Waals surface area contributed by atoms with Gasteiger partial charge in [0, 0.05) is 0 Å². The van der Waals surface area contributed by atoms with Crippen LogP contribution in [-0.4, -0.2) is 47.2 Å². The molecule has 0 aromatic carbocycles. The average Bonchev–Trinajstić information content (AvgIpc) is 3.14. The summed E-state index contributed by atoms with van der Waals surface area (Å²) >= 11 is 0.958. The van der Waals surface area contributed by atoms with Crippen molar-refractivity contribution >= 4 is 40.2 Å². The molecule has 3 amide bonds. The number of methoxy groups -OCH3 is 1. The molecule has 1 N–H and O–H groups in total. The largest absolute Gasteiger partial charge is 0.465 e. The SMILES string of the molecule is COC(=O)c1cnc(NC(=O)CN2C(=O)C3CC=CCC3C2=O)s1. The molecule has 0 saturated carbocycles. The number of aromatic nitrogens is 1. The van der Waals surface area contributed by atoms with Crippen LogP contribution in [0.5, 0.6) is 0 Å². The molecule has 1 aromatic heterocycles. The smallest absolute Gasteiger partial charge is 0.349 e. The molecule has 1 fully saturated rings. The van der Waals surface area contributed by atoms with Gasteiger partial charge in [-0.15, -0.1) is 0 Å². The number of likely N-dealkylation sites (tertiary alicyclic amines) is 1. The summed E-state index contributed by atoms with van der Waals surface area (Å²) in [5, 5.41) is 2.70. The summed E-state index contributed by atoms with van der Waals surface area (Å²) in [7, 11) is 1.25. The number of esters is 1. The Kier molecular flexibility index (Phi) is 4.43. The second-order valence-corrected chi connectivity index (χ2v) is 6.52. The van der Waals surface area contributed by atoms with Gasteiger partial charge in [0.25, 0.3) is 0 Å². The van der Waals surface area contributed by atoms with Crippen LogP contribution < -0.4 is 5.32 Å². The summed E-state index contributed by atoms with van der Waals surface area (Å²) in [5.41, 5.74) is 0. The number of fused-ring (bicyclic) bond motifs is 1. The van der Waals surface area contributed by atoms with Crippen molar-refractivity contribution in [3.05, 3.63) is 23.2 Å². The minimum atomic E-state index is -0.547. The Hall–Kier alpha value is -2.55. The second kappa shape index (κ2) is 6.52. The van der Waals surface area contributed by atoms with Crippen molar-refractivity contribution in [2.75, 3.05) is 19.0 Å². The van der Waals surface area contributed by atoms with Crippen LogP contribution in [0.1, 0.15) is 22.5 Å². The Bertz CT molecular complexity index is 715. The first-order valence-electron chi connectivity index (χ1n) is 7.35. The van der Waals surface area contributed by atoms with Crippen molar-refractivity contribution in [1.29, 1.82) is 0 Å². The number of carbonyl (C=O) groups excluding carboxylic acids is 4. The van der Waals surface area contributed by atoms with E-state index in [4.69, 9.17) is 0 Å². The van der Waals surface area contributed by atoms with Crippen molar-refractivity contribution in [2.45, 2.75) is 12.8 Å². The highest BCUT2D eigenvalue weighted by Gasteiger charge is 2.47. The number of thiazole rings is 1. The molecule has 2 aliphatic rings. The van der Waals surface area contributed by atoms with E-state index in [2.05, 4.69) is 15.0 Å². The minimum Gasteiger partial charge on any atom is -0.465 e. The van der Waals surface area contributed by atoms with Gasteiger partial charge in [-0.2, -0.15) is 0 Å². The van der Waals surface area contributed by atoms with Gasteiger partial charge in [0.2, 0.25) is 17.7 Å². The van der Waals surface area contributed by atoms with E-state index < -0.39 is 11.9 Å². The molecule has 1 aromatic rings. The van der Waals surface area contributed by atoms with E-state index in [1.165, 1.54) is 13.3 Å². The van der Waals surface area contributed by atoms with E-state index in [1.807, 2.05) is 12.2 Å². The zero-order valence-electron chi connectivity index (χ0n) is 12.9. The number of anilines is 1. The number of allylic oxidation sites excluding steroid dienone is 2. The Balaban J connectivity index is 1.63.